The summed E-state index contributed by atoms with van der Waals surface area (Å²) >= 11 is 5.26. The second-order valence-electron chi connectivity index (χ2n) is 8.48. The van der Waals surface area contributed by atoms with Gasteiger partial charge in [-0.2, -0.15) is 0 Å². The topological polar surface area (TPSA) is 114 Å². The molecule has 0 saturated carbocycles. The van der Waals surface area contributed by atoms with Gasteiger partial charge >= 0.3 is 0 Å². The zero-order valence-electron chi connectivity index (χ0n) is 19.3. The van der Waals surface area contributed by atoms with Crippen molar-refractivity contribution >= 4 is 45.7 Å². The van der Waals surface area contributed by atoms with Crippen LogP contribution in [0.5, 0.6) is 0 Å². The Balaban J connectivity index is 1.19. The van der Waals surface area contributed by atoms with Crippen LogP contribution < -0.4 is 15.5 Å². The number of thiocarbonyl (C=S) groups is 1. The molecule has 1 aliphatic heterocycles. The van der Waals surface area contributed by atoms with Gasteiger partial charge in [0.25, 0.3) is 11.6 Å². The molecule has 9 nitrogen and oxygen atoms in total. The Morgan fingerprint density at radius 3 is 2.56 bits per heavy atom. The van der Waals surface area contributed by atoms with Crippen molar-refractivity contribution in [3.63, 3.8) is 0 Å². The van der Waals surface area contributed by atoms with Crippen LogP contribution in [0, 0.1) is 10.1 Å². The third kappa shape index (κ3) is 5.03. The highest BCUT2D eigenvalue weighted by atomic mass is 32.1. The second-order valence-corrected chi connectivity index (χ2v) is 8.88. The van der Waals surface area contributed by atoms with E-state index >= 15 is 0 Å². The molecule has 5 rings (SSSR count). The molecule has 182 valence electrons. The molecule has 0 unspecified atom stereocenters. The van der Waals surface area contributed by atoms with Crippen molar-refractivity contribution in [2.24, 2.45) is 0 Å². The van der Waals surface area contributed by atoms with Crippen LogP contribution in [-0.4, -0.2) is 34.0 Å². The fourth-order valence-corrected chi connectivity index (χ4v) is 4.36. The van der Waals surface area contributed by atoms with Crippen molar-refractivity contribution in [3.8, 4) is 11.5 Å². The van der Waals surface area contributed by atoms with E-state index in [2.05, 4.69) is 15.6 Å². The highest BCUT2D eigenvalue weighted by Gasteiger charge is 2.24. The number of nitrogens with one attached hydrogen (secondary N) is 2. The number of carbonyl (C=O) groups excluding carboxylic acids is 1. The summed E-state index contributed by atoms with van der Waals surface area (Å²) in [4.78, 5) is 30.3. The number of para-hydroxylation sites is 2. The molecular formula is C26H23N5O4S. The lowest BCUT2D eigenvalue weighted by atomic mass is 10.1. The zero-order valence-corrected chi connectivity index (χ0v) is 20.1. The molecule has 4 aromatic rings. The minimum atomic E-state index is -0.505. The Morgan fingerprint density at radius 1 is 1.08 bits per heavy atom. The van der Waals surface area contributed by atoms with Crippen molar-refractivity contribution in [3.05, 3.63) is 88.0 Å². The lowest BCUT2D eigenvalue weighted by Crippen LogP contribution is -2.38. The number of rotatable bonds is 6. The molecular weight excluding hydrogens is 478 g/mol. The molecule has 3 aromatic carbocycles. The SMILES string of the molecule is O=C(NC(=S)NCc1ccc(-c2nc3ccccc3o2)cc1)c1ccc(N2CCCC2)c([N+](=O)[O-])c1. The Hall–Kier alpha value is -4.31. The van der Waals surface area contributed by atoms with E-state index in [4.69, 9.17) is 16.6 Å². The predicted octanol–water partition coefficient (Wildman–Crippen LogP) is 4.81. The van der Waals surface area contributed by atoms with E-state index in [1.165, 1.54) is 6.07 Å². The summed E-state index contributed by atoms with van der Waals surface area (Å²) < 4.78 is 5.80. The van der Waals surface area contributed by atoms with Crippen molar-refractivity contribution in [2.45, 2.75) is 19.4 Å². The van der Waals surface area contributed by atoms with E-state index in [0.29, 0.717) is 18.1 Å². The average Bonchev–Trinajstić information content (AvgIpc) is 3.58. The van der Waals surface area contributed by atoms with Crippen LogP contribution in [0.25, 0.3) is 22.6 Å². The number of hydrogen-bond donors (Lipinski definition) is 2. The van der Waals surface area contributed by atoms with Gasteiger partial charge < -0.3 is 14.6 Å². The first-order valence-electron chi connectivity index (χ1n) is 11.6. The number of benzene rings is 3. The van der Waals surface area contributed by atoms with Crippen LogP contribution in [-0.2, 0) is 6.54 Å². The monoisotopic (exact) mass is 501 g/mol. The van der Waals surface area contributed by atoms with E-state index in [-0.39, 0.29) is 16.4 Å². The van der Waals surface area contributed by atoms with Gasteiger partial charge in [0.05, 0.1) is 4.92 Å². The number of nitrogens with zero attached hydrogens (tertiary/aromatic N) is 3. The van der Waals surface area contributed by atoms with Crippen LogP contribution in [0.15, 0.2) is 71.1 Å². The molecule has 0 aliphatic carbocycles. The Bertz CT molecular complexity index is 1410. The van der Waals surface area contributed by atoms with Gasteiger partial charge in [-0.15, -0.1) is 0 Å². The summed E-state index contributed by atoms with van der Waals surface area (Å²) in [5.74, 6) is 0.0400. The van der Waals surface area contributed by atoms with E-state index in [9.17, 15) is 14.9 Å². The first-order chi connectivity index (χ1) is 17.5. The molecule has 2 heterocycles. The summed E-state index contributed by atoms with van der Waals surface area (Å²) in [6, 6.07) is 19.8. The number of oxazole rings is 1. The summed E-state index contributed by atoms with van der Waals surface area (Å²) in [5, 5.41) is 17.3. The summed E-state index contributed by atoms with van der Waals surface area (Å²) in [5.41, 5.74) is 3.96. The van der Waals surface area contributed by atoms with Crippen LogP contribution in [0.2, 0.25) is 0 Å². The number of anilines is 1. The first-order valence-corrected chi connectivity index (χ1v) is 12.0. The van der Waals surface area contributed by atoms with Gasteiger partial charge in [0.15, 0.2) is 10.7 Å². The van der Waals surface area contributed by atoms with E-state index in [1.54, 1.807) is 12.1 Å². The van der Waals surface area contributed by atoms with Gasteiger partial charge in [0.2, 0.25) is 5.89 Å². The molecule has 36 heavy (non-hydrogen) atoms. The number of aromatic nitrogens is 1. The molecule has 1 fully saturated rings. The normalized spacial score (nSPS) is 13.1. The maximum absolute atomic E-state index is 12.7. The number of hydrogen-bond acceptors (Lipinski definition) is 7. The second kappa shape index (κ2) is 10.1. The number of nitro groups is 1. The van der Waals surface area contributed by atoms with E-state index < -0.39 is 10.8 Å². The van der Waals surface area contributed by atoms with Crippen LogP contribution in [0.3, 0.4) is 0 Å². The van der Waals surface area contributed by atoms with Crippen molar-refractivity contribution in [1.82, 2.24) is 15.6 Å². The Labute approximate surface area is 212 Å². The molecule has 1 aliphatic rings. The van der Waals surface area contributed by atoms with Gasteiger partial charge in [-0.05, 0) is 67.0 Å². The average molecular weight is 502 g/mol. The first kappa shape index (κ1) is 23.4. The number of amides is 1. The van der Waals surface area contributed by atoms with Crippen LogP contribution >= 0.6 is 12.2 Å². The van der Waals surface area contributed by atoms with Gasteiger partial charge in [0, 0.05) is 36.8 Å². The van der Waals surface area contributed by atoms with Gasteiger partial charge in [-0.1, -0.05) is 24.3 Å². The molecule has 0 bridgehead atoms. The Morgan fingerprint density at radius 2 is 1.83 bits per heavy atom. The fraction of sp³-hybridized carbons (Fsp3) is 0.192. The molecule has 0 radical (unpaired) electrons. The van der Waals surface area contributed by atoms with Crippen molar-refractivity contribution in [1.29, 1.82) is 0 Å². The standard InChI is InChI=1S/C26H23N5O4S/c32-24(19-11-12-21(22(15-19)31(33)34)30-13-3-4-14-30)29-26(36)27-16-17-7-9-18(10-8-17)25-28-20-5-1-2-6-23(20)35-25/h1-2,5-12,15H,3-4,13-14,16H2,(H2,27,29,32,36). The quantitative estimate of drug-likeness (QED) is 0.220. The van der Waals surface area contributed by atoms with E-state index in [1.807, 2.05) is 53.4 Å². The molecule has 10 heteroatoms. The minimum Gasteiger partial charge on any atom is -0.436 e. The highest BCUT2D eigenvalue weighted by Crippen LogP contribution is 2.31. The highest BCUT2D eigenvalue weighted by molar-refractivity contribution is 7.80. The molecule has 1 saturated heterocycles. The molecule has 2 N–H and O–H groups in total. The minimum absolute atomic E-state index is 0.0811. The zero-order chi connectivity index (χ0) is 25.1. The Kier molecular flexibility index (Phi) is 6.59. The summed E-state index contributed by atoms with van der Waals surface area (Å²) in [6.07, 6.45) is 2.00. The fourth-order valence-electron chi connectivity index (χ4n) is 4.20. The number of fused-ring (bicyclic) bond motifs is 1. The summed E-state index contributed by atoms with van der Waals surface area (Å²) in [6.45, 7) is 1.94. The van der Waals surface area contributed by atoms with Gasteiger partial charge in [-0.25, -0.2) is 4.98 Å². The third-order valence-corrected chi connectivity index (χ3v) is 6.30. The van der Waals surface area contributed by atoms with Gasteiger partial charge in [0.1, 0.15) is 11.2 Å². The number of nitro benzene ring substituents is 1. The van der Waals surface area contributed by atoms with Crippen molar-refractivity contribution in [2.75, 3.05) is 18.0 Å². The van der Waals surface area contributed by atoms with Crippen molar-refractivity contribution < 1.29 is 14.1 Å². The third-order valence-electron chi connectivity index (χ3n) is 6.06. The maximum atomic E-state index is 12.7. The maximum Gasteiger partial charge on any atom is 0.293 e. The largest absolute Gasteiger partial charge is 0.436 e. The number of carbonyl (C=O) groups is 1. The predicted molar refractivity (Wildman–Crippen MR) is 141 cm³/mol. The summed E-state index contributed by atoms with van der Waals surface area (Å²) in [7, 11) is 0. The molecule has 0 atom stereocenters. The molecule has 0 spiro atoms. The smallest absolute Gasteiger partial charge is 0.293 e. The molecule has 1 amide bonds. The van der Waals surface area contributed by atoms with Crippen LogP contribution in [0.4, 0.5) is 11.4 Å². The van der Waals surface area contributed by atoms with Gasteiger partial charge in [-0.3, -0.25) is 20.2 Å². The molecule has 1 aromatic heterocycles. The van der Waals surface area contributed by atoms with E-state index in [0.717, 1.165) is 48.2 Å². The lowest BCUT2D eigenvalue weighted by Gasteiger charge is -2.18. The lowest BCUT2D eigenvalue weighted by molar-refractivity contribution is -0.384. The van der Waals surface area contributed by atoms with Crippen LogP contribution in [0.1, 0.15) is 28.8 Å².